The first kappa shape index (κ1) is 18.0. The Balaban J connectivity index is 1.33. The number of aromatic nitrogens is 4. The summed E-state index contributed by atoms with van der Waals surface area (Å²) in [6.07, 6.45) is 5.57. The Morgan fingerprint density at radius 2 is 2.11 bits per heavy atom. The number of aryl methyl sites for hydroxylation is 1. The zero-order valence-electron chi connectivity index (χ0n) is 15.4. The number of nitrogens with zero attached hydrogens (tertiary/aromatic N) is 5. The summed E-state index contributed by atoms with van der Waals surface area (Å²) in [5.41, 5.74) is 0.183. The summed E-state index contributed by atoms with van der Waals surface area (Å²) in [7, 11) is 1.70. The Hall–Kier alpha value is -3.43. The molecule has 0 aromatic carbocycles. The summed E-state index contributed by atoms with van der Waals surface area (Å²) in [6, 6.07) is 3.28. The lowest BCUT2D eigenvalue weighted by molar-refractivity contribution is -0.122. The lowest BCUT2D eigenvalue weighted by Gasteiger charge is -2.31. The van der Waals surface area contributed by atoms with E-state index in [2.05, 4.69) is 15.4 Å². The largest absolute Gasteiger partial charge is 0.459 e. The summed E-state index contributed by atoms with van der Waals surface area (Å²) < 4.78 is 7.93. The van der Waals surface area contributed by atoms with Crippen molar-refractivity contribution in [3.05, 3.63) is 47.0 Å². The average molecular weight is 384 g/mol. The minimum Gasteiger partial charge on any atom is -0.459 e. The summed E-state index contributed by atoms with van der Waals surface area (Å²) in [5.74, 6) is -0.0831. The molecule has 0 spiro atoms. The smallest absolute Gasteiger partial charge is 0.289 e. The van der Waals surface area contributed by atoms with Crippen molar-refractivity contribution in [3.8, 4) is 0 Å². The van der Waals surface area contributed by atoms with Gasteiger partial charge in [0.15, 0.2) is 11.4 Å². The highest BCUT2D eigenvalue weighted by Crippen LogP contribution is 2.14. The molecule has 2 amide bonds. The molecule has 4 rings (SSSR count). The molecule has 28 heavy (non-hydrogen) atoms. The van der Waals surface area contributed by atoms with Crippen molar-refractivity contribution in [2.75, 3.05) is 13.1 Å². The Morgan fingerprint density at radius 1 is 1.32 bits per heavy atom. The first-order valence-corrected chi connectivity index (χ1v) is 9.02. The number of carbonyl (C=O) groups is 2. The van der Waals surface area contributed by atoms with E-state index in [9.17, 15) is 14.4 Å². The van der Waals surface area contributed by atoms with Gasteiger partial charge < -0.3 is 14.6 Å². The van der Waals surface area contributed by atoms with Crippen molar-refractivity contribution in [1.82, 2.24) is 29.5 Å². The predicted octanol–water partition coefficient (Wildman–Crippen LogP) is 0.144. The van der Waals surface area contributed by atoms with Crippen LogP contribution in [0.2, 0.25) is 0 Å². The molecule has 1 N–H and O–H groups in total. The van der Waals surface area contributed by atoms with E-state index in [-0.39, 0.29) is 30.0 Å². The number of nitrogens with one attached hydrogen (secondary N) is 1. The number of fused-ring (bicyclic) bond motifs is 1. The van der Waals surface area contributed by atoms with Gasteiger partial charge in [-0.25, -0.2) is 4.98 Å². The molecule has 0 radical (unpaired) electrons. The van der Waals surface area contributed by atoms with Crippen LogP contribution >= 0.6 is 0 Å². The summed E-state index contributed by atoms with van der Waals surface area (Å²) in [4.78, 5) is 43.0. The molecule has 10 heteroatoms. The van der Waals surface area contributed by atoms with Crippen molar-refractivity contribution in [1.29, 1.82) is 0 Å². The first-order valence-electron chi connectivity index (χ1n) is 9.02. The van der Waals surface area contributed by atoms with Gasteiger partial charge in [0.1, 0.15) is 18.3 Å². The lowest BCUT2D eigenvalue weighted by atomic mass is 10.0. The molecule has 0 atom stereocenters. The number of hydrogen-bond acceptors (Lipinski definition) is 6. The third kappa shape index (κ3) is 3.40. The minimum absolute atomic E-state index is 0.0427. The van der Waals surface area contributed by atoms with Gasteiger partial charge in [-0.3, -0.25) is 23.6 Å². The number of amides is 2. The zero-order chi connectivity index (χ0) is 19.7. The van der Waals surface area contributed by atoms with Gasteiger partial charge in [-0.2, -0.15) is 5.10 Å². The summed E-state index contributed by atoms with van der Waals surface area (Å²) in [5, 5.41) is 7.32. The van der Waals surface area contributed by atoms with Gasteiger partial charge in [-0.1, -0.05) is 0 Å². The van der Waals surface area contributed by atoms with E-state index in [0.717, 1.165) is 0 Å². The summed E-state index contributed by atoms with van der Waals surface area (Å²) in [6.45, 7) is 0.962. The Kier molecular flexibility index (Phi) is 4.68. The molecule has 0 unspecified atom stereocenters. The van der Waals surface area contributed by atoms with Gasteiger partial charge in [0.25, 0.3) is 11.5 Å². The van der Waals surface area contributed by atoms with Crippen LogP contribution in [-0.2, 0) is 18.4 Å². The second-order valence-corrected chi connectivity index (χ2v) is 6.79. The van der Waals surface area contributed by atoms with Crippen molar-refractivity contribution in [2.24, 2.45) is 7.05 Å². The van der Waals surface area contributed by atoms with Crippen molar-refractivity contribution in [2.45, 2.75) is 25.4 Å². The van der Waals surface area contributed by atoms with Crippen LogP contribution in [0.5, 0.6) is 0 Å². The molecule has 3 aromatic heterocycles. The Labute approximate surface area is 159 Å². The normalized spacial score (nSPS) is 15.1. The molecule has 0 bridgehead atoms. The molecule has 1 saturated heterocycles. The van der Waals surface area contributed by atoms with Crippen LogP contribution < -0.4 is 10.9 Å². The Bertz CT molecular complexity index is 1060. The van der Waals surface area contributed by atoms with Gasteiger partial charge >= 0.3 is 0 Å². The highest BCUT2D eigenvalue weighted by molar-refractivity contribution is 5.91. The molecule has 1 aliphatic rings. The van der Waals surface area contributed by atoms with Crippen LogP contribution in [0.3, 0.4) is 0 Å². The van der Waals surface area contributed by atoms with E-state index in [4.69, 9.17) is 4.42 Å². The molecule has 4 heterocycles. The Morgan fingerprint density at radius 3 is 2.82 bits per heavy atom. The molecule has 1 aliphatic heterocycles. The second-order valence-electron chi connectivity index (χ2n) is 6.79. The van der Waals surface area contributed by atoms with Crippen LogP contribution in [0.15, 0.2) is 40.1 Å². The highest BCUT2D eigenvalue weighted by atomic mass is 16.3. The maximum Gasteiger partial charge on any atom is 0.289 e. The number of rotatable bonds is 4. The van der Waals surface area contributed by atoms with Crippen molar-refractivity contribution < 1.29 is 14.0 Å². The van der Waals surface area contributed by atoms with Crippen molar-refractivity contribution >= 4 is 22.8 Å². The van der Waals surface area contributed by atoms with E-state index in [1.807, 2.05) is 0 Å². The third-order valence-electron chi connectivity index (χ3n) is 4.91. The SMILES string of the molecule is Cn1ncc2c(=O)n(CC(=O)NC3CCN(C(=O)c4ccco4)CC3)cnc21. The second kappa shape index (κ2) is 7.29. The topological polar surface area (TPSA) is 115 Å². The number of furan rings is 1. The molecule has 3 aromatic rings. The third-order valence-corrected chi connectivity index (χ3v) is 4.91. The van der Waals surface area contributed by atoms with Crippen LogP contribution in [0.25, 0.3) is 11.0 Å². The summed E-state index contributed by atoms with van der Waals surface area (Å²) >= 11 is 0. The van der Waals surface area contributed by atoms with Gasteiger partial charge in [-0.15, -0.1) is 0 Å². The molecule has 0 saturated carbocycles. The molecular formula is C18H20N6O4. The lowest BCUT2D eigenvalue weighted by Crippen LogP contribution is -2.47. The van der Waals surface area contributed by atoms with Crippen LogP contribution in [0.4, 0.5) is 0 Å². The van der Waals surface area contributed by atoms with E-state index < -0.39 is 0 Å². The fourth-order valence-corrected chi connectivity index (χ4v) is 3.39. The molecular weight excluding hydrogens is 364 g/mol. The standard InChI is InChI=1S/C18H20N6O4/c1-22-16-13(9-20-22)17(26)24(11-19-16)10-15(25)21-12-4-6-23(7-5-12)18(27)14-3-2-8-28-14/h2-3,8-9,11-12H,4-7,10H2,1H3,(H,21,25). The zero-order valence-corrected chi connectivity index (χ0v) is 15.4. The van der Waals surface area contributed by atoms with E-state index in [1.54, 1.807) is 24.1 Å². The van der Waals surface area contributed by atoms with E-state index in [0.29, 0.717) is 42.7 Å². The molecule has 0 aliphatic carbocycles. The monoisotopic (exact) mass is 384 g/mol. The van der Waals surface area contributed by atoms with Crippen molar-refractivity contribution in [3.63, 3.8) is 0 Å². The van der Waals surface area contributed by atoms with Gasteiger partial charge in [0, 0.05) is 26.2 Å². The quantitative estimate of drug-likeness (QED) is 0.684. The molecule has 10 nitrogen and oxygen atoms in total. The fourth-order valence-electron chi connectivity index (χ4n) is 3.39. The van der Waals surface area contributed by atoms with Gasteiger partial charge in [-0.05, 0) is 25.0 Å². The number of hydrogen-bond donors (Lipinski definition) is 1. The van der Waals surface area contributed by atoms with Gasteiger partial charge in [0.2, 0.25) is 5.91 Å². The van der Waals surface area contributed by atoms with Crippen LogP contribution in [0, 0.1) is 0 Å². The number of piperidine rings is 1. The van der Waals surface area contributed by atoms with Crippen LogP contribution in [-0.4, -0.2) is 55.2 Å². The average Bonchev–Trinajstić information content (AvgIpc) is 3.35. The number of carbonyl (C=O) groups excluding carboxylic acids is 2. The minimum atomic E-state index is -0.299. The molecule has 146 valence electrons. The predicted molar refractivity (Wildman–Crippen MR) is 98.5 cm³/mol. The highest BCUT2D eigenvalue weighted by Gasteiger charge is 2.26. The molecule has 1 fully saturated rings. The number of likely N-dealkylation sites (tertiary alicyclic amines) is 1. The van der Waals surface area contributed by atoms with Crippen LogP contribution in [0.1, 0.15) is 23.4 Å². The van der Waals surface area contributed by atoms with E-state index >= 15 is 0 Å². The van der Waals surface area contributed by atoms with E-state index in [1.165, 1.54) is 28.0 Å². The van der Waals surface area contributed by atoms with Gasteiger partial charge in [0.05, 0.1) is 12.5 Å². The maximum atomic E-state index is 12.4. The maximum absolute atomic E-state index is 12.4. The fraction of sp³-hybridized carbons (Fsp3) is 0.389. The first-order chi connectivity index (χ1) is 13.5.